The van der Waals surface area contributed by atoms with E-state index in [0.717, 1.165) is 12.0 Å². The molecular weight excluding hydrogens is 353 g/mol. The summed E-state index contributed by atoms with van der Waals surface area (Å²) in [6.07, 6.45) is 20.0. The van der Waals surface area contributed by atoms with Crippen molar-refractivity contribution >= 4 is 55.1 Å². The second kappa shape index (κ2) is 6.97. The minimum atomic E-state index is -0.884. The van der Waals surface area contributed by atoms with Gasteiger partial charge in [-0.05, 0) is 61.8 Å². The molecule has 0 bridgehead atoms. The summed E-state index contributed by atoms with van der Waals surface area (Å²) >= 11 is 5.74. The Morgan fingerprint density at radius 1 is 1.19 bits per heavy atom. The van der Waals surface area contributed by atoms with Crippen LogP contribution >= 0.6 is 55.1 Å². The minimum absolute atomic E-state index is 0.297. The standard InChI is InChI=1S/C16H21S5/c1-7-12-9-15-13(8-14(12)17-2)10-16(18-3,19-4)11-21(15,6)20-5/h8-9H,10-11H2,2-6H3. The quantitative estimate of drug-likeness (QED) is 0.300. The molecule has 1 heterocycles. The molecule has 0 fully saturated rings. The predicted octanol–water partition coefficient (Wildman–Crippen LogP) is 5.40. The maximum Gasteiger partial charge on any atom is 0.0731 e. The van der Waals surface area contributed by atoms with Crippen LogP contribution in [-0.2, 0) is 6.42 Å². The van der Waals surface area contributed by atoms with Gasteiger partial charge in [0.15, 0.2) is 0 Å². The Hall–Kier alpha value is 0.530. The second-order valence-electron chi connectivity index (χ2n) is 5.10. The van der Waals surface area contributed by atoms with Crippen molar-refractivity contribution in [2.45, 2.75) is 20.3 Å². The average Bonchev–Trinajstić information content (AvgIpc) is 2.53. The maximum absolute atomic E-state index is 7.57. The van der Waals surface area contributed by atoms with Gasteiger partial charge in [-0.1, -0.05) is 5.92 Å². The number of fused-ring (bicyclic) bond motifs is 1. The zero-order chi connectivity index (χ0) is 15.7. The van der Waals surface area contributed by atoms with Gasteiger partial charge >= 0.3 is 0 Å². The summed E-state index contributed by atoms with van der Waals surface area (Å²) in [4.78, 5) is 2.67. The van der Waals surface area contributed by atoms with Crippen molar-refractivity contribution < 1.29 is 0 Å². The van der Waals surface area contributed by atoms with Crippen LogP contribution in [0.25, 0.3) is 0 Å². The highest BCUT2D eigenvalue weighted by Crippen LogP contribution is 2.70. The maximum atomic E-state index is 7.57. The van der Waals surface area contributed by atoms with E-state index in [0.29, 0.717) is 4.08 Å². The first-order valence-electron chi connectivity index (χ1n) is 6.53. The number of hydrogen-bond acceptors (Lipinski definition) is 4. The lowest BCUT2D eigenvalue weighted by atomic mass is 10.1. The first kappa shape index (κ1) is 17.9. The third-order valence-corrected chi connectivity index (χ3v) is 14.4. The fourth-order valence-corrected chi connectivity index (χ4v) is 11.8. The first-order chi connectivity index (χ1) is 9.97. The lowest BCUT2D eigenvalue weighted by molar-refractivity contribution is 0.846. The fraction of sp³-hybridized carbons (Fsp3) is 0.500. The topological polar surface area (TPSA) is 0 Å². The van der Waals surface area contributed by atoms with Crippen LogP contribution in [0, 0.1) is 12.3 Å². The Bertz CT molecular complexity index is 571. The Labute approximate surface area is 147 Å². The fourth-order valence-electron chi connectivity index (χ4n) is 2.74. The molecule has 1 unspecified atom stereocenters. The number of hydrogen-bond donors (Lipinski definition) is 0. The van der Waals surface area contributed by atoms with Crippen LogP contribution in [0.15, 0.2) is 21.9 Å². The summed E-state index contributed by atoms with van der Waals surface area (Å²) in [5.74, 6) is 3.87. The van der Waals surface area contributed by atoms with Gasteiger partial charge < -0.3 is 0 Å². The summed E-state index contributed by atoms with van der Waals surface area (Å²) in [6, 6.07) is 4.56. The lowest BCUT2D eigenvalue weighted by Crippen LogP contribution is -2.34. The van der Waals surface area contributed by atoms with Crippen LogP contribution in [0.3, 0.4) is 0 Å². The molecule has 0 saturated carbocycles. The molecule has 21 heavy (non-hydrogen) atoms. The molecule has 5 heteroatoms. The molecule has 0 saturated heterocycles. The second-order valence-corrected chi connectivity index (χ2v) is 14.9. The molecule has 115 valence electrons. The lowest BCUT2D eigenvalue weighted by Gasteiger charge is -2.48. The van der Waals surface area contributed by atoms with Gasteiger partial charge in [0.05, 0.1) is 4.08 Å². The van der Waals surface area contributed by atoms with E-state index in [1.54, 1.807) is 11.8 Å². The Kier molecular flexibility index (Phi) is 5.93. The summed E-state index contributed by atoms with van der Waals surface area (Å²) in [5.41, 5.74) is 2.44. The van der Waals surface area contributed by atoms with Crippen molar-refractivity contribution in [1.82, 2.24) is 0 Å². The third kappa shape index (κ3) is 3.26. The molecule has 1 radical (unpaired) electrons. The summed E-state index contributed by atoms with van der Waals surface area (Å²) in [5, 5.41) is 0. The van der Waals surface area contributed by atoms with Gasteiger partial charge in [0.1, 0.15) is 0 Å². The van der Waals surface area contributed by atoms with E-state index in [9.17, 15) is 0 Å². The van der Waals surface area contributed by atoms with Crippen molar-refractivity contribution in [2.75, 3.05) is 37.0 Å². The molecule has 0 aromatic heterocycles. The smallest absolute Gasteiger partial charge is 0.0731 e. The molecule has 0 spiro atoms. The predicted molar refractivity (Wildman–Crippen MR) is 108 cm³/mol. The van der Waals surface area contributed by atoms with E-state index in [1.807, 2.05) is 34.3 Å². The van der Waals surface area contributed by atoms with E-state index in [-0.39, 0.29) is 0 Å². The molecule has 0 amide bonds. The van der Waals surface area contributed by atoms with E-state index in [4.69, 9.17) is 6.42 Å². The number of thioether (sulfide) groups is 3. The summed E-state index contributed by atoms with van der Waals surface area (Å²) in [7, 11) is 1.13. The largest absolute Gasteiger partial charge is 0.166 e. The highest BCUT2D eigenvalue weighted by atomic mass is 33.2. The van der Waals surface area contributed by atoms with Crippen LogP contribution in [0.1, 0.15) is 11.1 Å². The number of benzene rings is 1. The first-order valence-corrected chi connectivity index (χ1v) is 14.2. The molecule has 1 aliphatic rings. The summed E-state index contributed by atoms with van der Waals surface area (Å²) < 4.78 is 0.297. The highest BCUT2D eigenvalue weighted by Gasteiger charge is 2.42. The monoisotopic (exact) mass is 373 g/mol. The van der Waals surface area contributed by atoms with Crippen LogP contribution in [0.4, 0.5) is 0 Å². The van der Waals surface area contributed by atoms with Crippen LogP contribution in [-0.4, -0.2) is 41.1 Å². The van der Waals surface area contributed by atoms with Gasteiger partial charge in [-0.15, -0.1) is 46.1 Å². The van der Waals surface area contributed by atoms with Crippen molar-refractivity contribution in [3.8, 4) is 5.92 Å². The molecule has 1 aromatic carbocycles. The molecule has 0 nitrogen and oxygen atoms in total. The SMILES string of the molecule is [C]#Cc1cc2c(cc1SC)CC(SC)(SC)CS2(C)SC. The summed E-state index contributed by atoms with van der Waals surface area (Å²) in [6.45, 7) is 0. The van der Waals surface area contributed by atoms with Crippen LogP contribution in [0.2, 0.25) is 0 Å². The Morgan fingerprint density at radius 2 is 1.86 bits per heavy atom. The van der Waals surface area contributed by atoms with Crippen molar-refractivity contribution in [2.24, 2.45) is 0 Å². The van der Waals surface area contributed by atoms with E-state index >= 15 is 0 Å². The van der Waals surface area contributed by atoms with Gasteiger partial charge in [0.2, 0.25) is 0 Å². The number of rotatable bonds is 4. The molecule has 1 aliphatic heterocycles. The van der Waals surface area contributed by atoms with Crippen LogP contribution < -0.4 is 0 Å². The Morgan fingerprint density at radius 3 is 2.33 bits per heavy atom. The van der Waals surface area contributed by atoms with E-state index in [1.165, 1.54) is 21.1 Å². The van der Waals surface area contributed by atoms with Gasteiger partial charge in [0, 0.05) is 21.1 Å². The van der Waals surface area contributed by atoms with Crippen molar-refractivity contribution in [3.05, 3.63) is 29.7 Å². The van der Waals surface area contributed by atoms with Gasteiger partial charge in [-0.25, -0.2) is 0 Å². The zero-order valence-corrected chi connectivity index (χ0v) is 17.2. The zero-order valence-electron chi connectivity index (χ0n) is 13.1. The van der Waals surface area contributed by atoms with Crippen molar-refractivity contribution in [3.63, 3.8) is 0 Å². The molecule has 0 aliphatic carbocycles. The minimum Gasteiger partial charge on any atom is -0.166 e. The van der Waals surface area contributed by atoms with Gasteiger partial charge in [-0.2, -0.15) is 9.06 Å². The molecular formula is C16H21S5. The normalized spacial score (nSPS) is 26.5. The van der Waals surface area contributed by atoms with Crippen molar-refractivity contribution in [1.29, 1.82) is 0 Å². The highest BCUT2D eigenvalue weighted by molar-refractivity contribution is 8.94. The third-order valence-electron chi connectivity index (χ3n) is 4.05. The Balaban J connectivity index is 2.64. The van der Waals surface area contributed by atoms with Gasteiger partial charge in [-0.3, -0.25) is 0 Å². The molecule has 0 N–H and O–H groups in total. The molecule has 2 rings (SSSR count). The van der Waals surface area contributed by atoms with Gasteiger partial charge in [0.25, 0.3) is 0 Å². The van der Waals surface area contributed by atoms with Crippen LogP contribution in [0.5, 0.6) is 0 Å². The molecule has 1 aromatic rings. The average molecular weight is 374 g/mol. The molecule has 1 atom stereocenters. The van der Waals surface area contributed by atoms with E-state index < -0.39 is 9.06 Å². The van der Waals surface area contributed by atoms with E-state index in [2.05, 4.69) is 49.3 Å².